The number of nitrogens with zero attached hydrogens (tertiary/aromatic N) is 2. The van der Waals surface area contributed by atoms with E-state index in [0.29, 0.717) is 17.8 Å². The number of aliphatic hydroxyl groups is 1. The van der Waals surface area contributed by atoms with Crippen LogP contribution < -0.4 is 4.74 Å². The van der Waals surface area contributed by atoms with E-state index in [0.717, 1.165) is 10.9 Å². The van der Waals surface area contributed by atoms with Gasteiger partial charge in [-0.1, -0.05) is 24.3 Å². The van der Waals surface area contributed by atoms with E-state index in [1.165, 1.54) is 11.0 Å². The molecule has 2 aromatic carbocycles. The summed E-state index contributed by atoms with van der Waals surface area (Å²) in [6, 6.07) is 15.9. The summed E-state index contributed by atoms with van der Waals surface area (Å²) in [5, 5.41) is 21.8. The first kappa shape index (κ1) is 22.2. The largest absolute Gasteiger partial charge is 0.504 e. The maximum absolute atomic E-state index is 13.7. The van der Waals surface area contributed by atoms with Crippen molar-refractivity contribution < 1.29 is 29.0 Å². The number of fused-ring (bicyclic) bond motifs is 1. The molecule has 1 aliphatic rings. The summed E-state index contributed by atoms with van der Waals surface area (Å²) in [6.45, 7) is 2.22. The van der Waals surface area contributed by atoms with Crippen molar-refractivity contribution in [1.82, 2.24) is 9.88 Å². The van der Waals surface area contributed by atoms with Gasteiger partial charge in [0.05, 0.1) is 18.2 Å². The van der Waals surface area contributed by atoms with Gasteiger partial charge in [-0.25, -0.2) is 0 Å². The third kappa shape index (κ3) is 3.99. The molecule has 1 aliphatic heterocycles. The normalized spacial score (nSPS) is 15.7. The lowest BCUT2D eigenvalue weighted by molar-refractivity contribution is -0.130. The summed E-state index contributed by atoms with van der Waals surface area (Å²) in [6.07, 6.45) is 3.21. The third-order valence-electron chi connectivity index (χ3n) is 5.90. The number of aromatic nitrogens is 1. The first-order valence-corrected chi connectivity index (χ1v) is 11.1. The van der Waals surface area contributed by atoms with Crippen LogP contribution in [0.25, 0.3) is 11.0 Å². The highest BCUT2D eigenvalue weighted by Crippen LogP contribution is 2.42. The number of ether oxygens (including phenoxy) is 1. The first-order valence-electron chi connectivity index (χ1n) is 11.1. The van der Waals surface area contributed by atoms with Gasteiger partial charge in [-0.3, -0.25) is 14.6 Å². The molecule has 2 N–H and O–H groups in total. The SMILES string of the molecule is CCOc1cc(C2C(C(=O)c3cc4ccccc4o3)=C(O)C(=O)N2Cc2ccncc2)ccc1O. The summed E-state index contributed by atoms with van der Waals surface area (Å²) in [7, 11) is 0. The Morgan fingerprint density at radius 1 is 1.09 bits per heavy atom. The molecule has 2 aromatic heterocycles. The Hall–Kier alpha value is -4.59. The van der Waals surface area contributed by atoms with Crippen LogP contribution in [0, 0.1) is 0 Å². The number of para-hydroxylation sites is 1. The Balaban J connectivity index is 1.62. The van der Waals surface area contributed by atoms with E-state index in [1.807, 2.05) is 12.1 Å². The average Bonchev–Trinajstić information content (AvgIpc) is 3.41. The van der Waals surface area contributed by atoms with Gasteiger partial charge in [0.25, 0.3) is 5.91 Å². The highest BCUT2D eigenvalue weighted by molar-refractivity contribution is 6.16. The van der Waals surface area contributed by atoms with Crippen molar-refractivity contribution in [2.45, 2.75) is 19.5 Å². The fourth-order valence-corrected chi connectivity index (χ4v) is 4.28. The van der Waals surface area contributed by atoms with Crippen molar-refractivity contribution in [3.63, 3.8) is 0 Å². The van der Waals surface area contributed by atoms with E-state index in [1.54, 1.807) is 61.8 Å². The summed E-state index contributed by atoms with van der Waals surface area (Å²) in [5.74, 6) is -1.76. The van der Waals surface area contributed by atoms with Gasteiger partial charge in [-0.05, 0) is 54.4 Å². The van der Waals surface area contributed by atoms with Gasteiger partial charge < -0.3 is 24.3 Å². The number of ketones is 1. The standard InChI is InChI=1S/C27H22N2O6/c1-2-34-21-14-18(7-8-19(21)30)24-23(25(31)22-13-17-5-3-4-6-20(17)35-22)26(32)27(33)29(24)15-16-9-11-28-12-10-16/h3-14,24,30,32H,2,15H2,1H3. The molecule has 4 aromatic rings. The van der Waals surface area contributed by atoms with Gasteiger partial charge in [-0.15, -0.1) is 0 Å². The highest BCUT2D eigenvalue weighted by Gasteiger charge is 2.44. The van der Waals surface area contributed by atoms with Gasteiger partial charge >= 0.3 is 0 Å². The Morgan fingerprint density at radius 2 is 1.86 bits per heavy atom. The Bertz CT molecular complexity index is 1420. The van der Waals surface area contributed by atoms with E-state index < -0.39 is 23.5 Å². The smallest absolute Gasteiger partial charge is 0.290 e. The third-order valence-corrected chi connectivity index (χ3v) is 5.90. The van der Waals surface area contributed by atoms with Crippen LogP contribution >= 0.6 is 0 Å². The number of furan rings is 1. The minimum absolute atomic E-state index is 0.0140. The minimum Gasteiger partial charge on any atom is -0.504 e. The van der Waals surface area contributed by atoms with Crippen LogP contribution in [0.2, 0.25) is 0 Å². The molecule has 8 heteroatoms. The van der Waals surface area contributed by atoms with E-state index >= 15 is 0 Å². The number of carbonyl (C=O) groups is 2. The van der Waals surface area contributed by atoms with Crippen LogP contribution in [0.15, 0.2) is 88.8 Å². The summed E-state index contributed by atoms with van der Waals surface area (Å²) >= 11 is 0. The van der Waals surface area contributed by atoms with Gasteiger partial charge in [0, 0.05) is 24.3 Å². The molecule has 1 atom stereocenters. The molecule has 3 heterocycles. The molecule has 1 amide bonds. The quantitative estimate of drug-likeness (QED) is 0.376. The van der Waals surface area contributed by atoms with E-state index in [-0.39, 0.29) is 29.4 Å². The zero-order valence-electron chi connectivity index (χ0n) is 18.8. The highest BCUT2D eigenvalue weighted by atomic mass is 16.5. The van der Waals surface area contributed by atoms with E-state index in [9.17, 15) is 19.8 Å². The maximum atomic E-state index is 13.7. The van der Waals surface area contributed by atoms with Crippen LogP contribution in [-0.4, -0.2) is 38.4 Å². The number of Topliss-reactive ketones (excluding diaryl/α,β-unsaturated/α-hetero) is 1. The second kappa shape index (κ2) is 8.98. The number of amides is 1. The fraction of sp³-hybridized carbons (Fsp3) is 0.148. The average molecular weight is 470 g/mol. The maximum Gasteiger partial charge on any atom is 0.290 e. The van der Waals surface area contributed by atoms with Crippen molar-refractivity contribution in [1.29, 1.82) is 0 Å². The molecule has 8 nitrogen and oxygen atoms in total. The fourth-order valence-electron chi connectivity index (χ4n) is 4.28. The van der Waals surface area contributed by atoms with Crippen LogP contribution in [0.1, 0.15) is 34.6 Å². The lowest BCUT2D eigenvalue weighted by atomic mass is 9.94. The van der Waals surface area contributed by atoms with Gasteiger partial charge in [-0.2, -0.15) is 0 Å². The van der Waals surface area contributed by atoms with Crippen molar-refractivity contribution in [2.24, 2.45) is 0 Å². The minimum atomic E-state index is -0.934. The van der Waals surface area contributed by atoms with Gasteiger partial charge in [0.1, 0.15) is 5.58 Å². The monoisotopic (exact) mass is 470 g/mol. The predicted octanol–water partition coefficient (Wildman–Crippen LogP) is 4.71. The molecule has 5 rings (SSSR count). The van der Waals surface area contributed by atoms with Crippen LogP contribution in [0.4, 0.5) is 0 Å². The number of hydrogen-bond donors (Lipinski definition) is 2. The zero-order chi connectivity index (χ0) is 24.5. The molecule has 0 saturated carbocycles. The molecule has 0 spiro atoms. The molecule has 0 fully saturated rings. The molecule has 0 aliphatic carbocycles. The number of hydrogen-bond acceptors (Lipinski definition) is 7. The molecule has 35 heavy (non-hydrogen) atoms. The van der Waals surface area contributed by atoms with Gasteiger partial charge in [0.2, 0.25) is 5.78 Å². The van der Waals surface area contributed by atoms with Crippen LogP contribution in [0.3, 0.4) is 0 Å². The van der Waals surface area contributed by atoms with Crippen LogP contribution in [-0.2, 0) is 11.3 Å². The molecule has 0 radical (unpaired) electrons. The topological polar surface area (TPSA) is 113 Å². The number of aromatic hydroxyl groups is 1. The molecule has 0 saturated heterocycles. The van der Waals surface area contributed by atoms with E-state index in [2.05, 4.69) is 4.98 Å². The lowest BCUT2D eigenvalue weighted by Crippen LogP contribution is -2.30. The Labute approximate surface area is 200 Å². The Morgan fingerprint density at radius 3 is 2.60 bits per heavy atom. The number of pyridine rings is 1. The van der Waals surface area contributed by atoms with Crippen LogP contribution in [0.5, 0.6) is 11.5 Å². The second-order valence-corrected chi connectivity index (χ2v) is 8.09. The molecular formula is C27H22N2O6. The zero-order valence-corrected chi connectivity index (χ0v) is 18.8. The summed E-state index contributed by atoms with van der Waals surface area (Å²) in [5.41, 5.74) is 1.69. The second-order valence-electron chi connectivity index (χ2n) is 8.09. The molecular weight excluding hydrogens is 448 g/mol. The van der Waals surface area contributed by atoms with Crippen molar-refractivity contribution in [2.75, 3.05) is 6.61 Å². The number of aliphatic hydroxyl groups excluding tert-OH is 1. The Kier molecular flexibility index (Phi) is 5.70. The summed E-state index contributed by atoms with van der Waals surface area (Å²) in [4.78, 5) is 32.3. The van der Waals surface area contributed by atoms with Crippen molar-refractivity contribution >= 4 is 22.7 Å². The number of carbonyl (C=O) groups excluding carboxylic acids is 2. The number of benzene rings is 2. The lowest BCUT2D eigenvalue weighted by Gasteiger charge is -2.27. The summed E-state index contributed by atoms with van der Waals surface area (Å²) < 4.78 is 11.3. The molecule has 0 bridgehead atoms. The number of phenols is 1. The number of phenolic OH excluding ortho intramolecular Hbond substituents is 1. The first-order chi connectivity index (χ1) is 17.0. The predicted molar refractivity (Wildman–Crippen MR) is 127 cm³/mol. The molecule has 176 valence electrons. The van der Waals surface area contributed by atoms with Gasteiger partial charge in [0.15, 0.2) is 23.0 Å². The van der Waals surface area contributed by atoms with E-state index in [4.69, 9.17) is 9.15 Å². The van der Waals surface area contributed by atoms with Crippen molar-refractivity contribution in [3.8, 4) is 11.5 Å². The molecule has 1 unspecified atom stereocenters. The van der Waals surface area contributed by atoms with Crippen molar-refractivity contribution in [3.05, 3.63) is 101 Å². The number of rotatable bonds is 7.